The van der Waals surface area contributed by atoms with Gasteiger partial charge in [0.15, 0.2) is 0 Å². The Morgan fingerprint density at radius 2 is 2.26 bits per heavy atom. The zero-order valence-corrected chi connectivity index (χ0v) is 14.5. The van der Waals surface area contributed by atoms with Crippen molar-refractivity contribution in [3.63, 3.8) is 0 Å². The normalized spacial score (nSPS) is 17.7. The molecule has 6 heteroatoms. The number of rotatable bonds is 4. The number of hydrogen-bond donors (Lipinski definition) is 1. The Balaban J connectivity index is 1.85. The summed E-state index contributed by atoms with van der Waals surface area (Å²) in [6, 6.07) is 13.8. The van der Waals surface area contributed by atoms with Crippen LogP contribution in [0.3, 0.4) is 0 Å². The molecule has 1 aliphatic rings. The molecule has 23 heavy (non-hydrogen) atoms. The van der Waals surface area contributed by atoms with Crippen LogP contribution >= 0.6 is 34.7 Å². The van der Waals surface area contributed by atoms with Gasteiger partial charge in [-0.1, -0.05) is 29.8 Å². The number of carbonyl (C=O) groups is 1. The van der Waals surface area contributed by atoms with Gasteiger partial charge >= 0.3 is 0 Å². The predicted octanol–water partition coefficient (Wildman–Crippen LogP) is 4.67. The van der Waals surface area contributed by atoms with Crippen LogP contribution in [-0.4, -0.2) is 5.91 Å². The number of thioether (sulfide) groups is 1. The summed E-state index contributed by atoms with van der Waals surface area (Å²) in [5.74, 6) is 0.463. The maximum Gasteiger partial charge on any atom is 0.225 e. The molecule has 3 rings (SSSR count). The number of benzene rings is 1. The molecule has 116 valence electrons. The van der Waals surface area contributed by atoms with E-state index in [0.717, 1.165) is 10.4 Å². The molecule has 0 saturated carbocycles. The molecule has 0 fully saturated rings. The topological polar surface area (TPSA) is 52.9 Å². The van der Waals surface area contributed by atoms with Gasteiger partial charge in [-0.05, 0) is 29.1 Å². The van der Waals surface area contributed by atoms with E-state index < -0.39 is 0 Å². The number of carbonyl (C=O) groups excluding carboxylic acids is 1. The lowest BCUT2D eigenvalue weighted by molar-refractivity contribution is -0.120. The van der Waals surface area contributed by atoms with Gasteiger partial charge in [0.25, 0.3) is 0 Å². The van der Waals surface area contributed by atoms with Crippen LogP contribution in [0.25, 0.3) is 0 Å². The van der Waals surface area contributed by atoms with E-state index >= 15 is 0 Å². The smallest absolute Gasteiger partial charge is 0.225 e. The molecule has 1 aromatic carbocycles. The van der Waals surface area contributed by atoms with Gasteiger partial charge in [-0.15, -0.1) is 23.1 Å². The quantitative estimate of drug-likeness (QED) is 0.861. The number of allylic oxidation sites excluding steroid dienone is 1. The minimum absolute atomic E-state index is 0.0454. The summed E-state index contributed by atoms with van der Waals surface area (Å²) in [4.78, 5) is 13.1. The summed E-state index contributed by atoms with van der Waals surface area (Å²) in [5.41, 5.74) is 1.69. The molecule has 1 atom stereocenters. The number of amides is 1. The van der Waals surface area contributed by atoms with Gasteiger partial charge in [0, 0.05) is 28.0 Å². The summed E-state index contributed by atoms with van der Waals surface area (Å²) in [7, 11) is 0. The predicted molar refractivity (Wildman–Crippen MR) is 95.2 cm³/mol. The summed E-state index contributed by atoms with van der Waals surface area (Å²) < 4.78 is 0. The largest absolute Gasteiger partial charge is 0.320 e. The molecule has 1 aliphatic heterocycles. The van der Waals surface area contributed by atoms with Gasteiger partial charge in [0.05, 0.1) is 16.7 Å². The Morgan fingerprint density at radius 1 is 1.39 bits per heavy atom. The zero-order valence-electron chi connectivity index (χ0n) is 12.1. The Bertz CT molecular complexity index is 793. The number of halogens is 1. The Kier molecular flexibility index (Phi) is 5.06. The molecule has 1 amide bonds. The van der Waals surface area contributed by atoms with Crippen molar-refractivity contribution in [1.29, 1.82) is 5.26 Å². The second-order valence-electron chi connectivity index (χ2n) is 5.09. The minimum Gasteiger partial charge on any atom is -0.320 e. The zero-order chi connectivity index (χ0) is 16.2. The van der Waals surface area contributed by atoms with Crippen molar-refractivity contribution >= 4 is 40.6 Å². The molecule has 1 N–H and O–H groups in total. The number of nitriles is 1. The van der Waals surface area contributed by atoms with Gasteiger partial charge in [-0.25, -0.2) is 0 Å². The lowest BCUT2D eigenvalue weighted by Gasteiger charge is -2.24. The van der Waals surface area contributed by atoms with Gasteiger partial charge in [-0.2, -0.15) is 5.26 Å². The number of thiophene rings is 1. The van der Waals surface area contributed by atoms with Crippen molar-refractivity contribution in [3.8, 4) is 6.07 Å². The van der Waals surface area contributed by atoms with Crippen molar-refractivity contribution in [2.45, 2.75) is 18.1 Å². The first-order valence-electron chi connectivity index (χ1n) is 7.02. The summed E-state index contributed by atoms with van der Waals surface area (Å²) in [6.45, 7) is 0. The fourth-order valence-corrected chi connectivity index (χ4v) is 4.52. The van der Waals surface area contributed by atoms with E-state index in [9.17, 15) is 10.1 Å². The first-order valence-corrected chi connectivity index (χ1v) is 9.26. The van der Waals surface area contributed by atoms with Crippen molar-refractivity contribution in [1.82, 2.24) is 5.32 Å². The highest BCUT2D eigenvalue weighted by atomic mass is 35.5. The number of nitrogens with one attached hydrogen (secondary N) is 1. The number of nitrogens with zero attached hydrogens (tertiary/aromatic N) is 1. The Hall–Kier alpha value is -1.74. The van der Waals surface area contributed by atoms with Crippen LogP contribution in [0.4, 0.5) is 0 Å². The van der Waals surface area contributed by atoms with Crippen molar-refractivity contribution in [2.24, 2.45) is 0 Å². The molecule has 3 nitrogen and oxygen atoms in total. The van der Waals surface area contributed by atoms with Crippen LogP contribution < -0.4 is 5.32 Å². The lowest BCUT2D eigenvalue weighted by Crippen LogP contribution is -2.30. The average Bonchev–Trinajstić information content (AvgIpc) is 3.06. The fourth-order valence-electron chi connectivity index (χ4n) is 2.45. The van der Waals surface area contributed by atoms with E-state index in [-0.39, 0.29) is 11.8 Å². The van der Waals surface area contributed by atoms with E-state index in [1.165, 1.54) is 11.8 Å². The maximum atomic E-state index is 12.0. The van der Waals surface area contributed by atoms with Crippen molar-refractivity contribution < 1.29 is 4.79 Å². The molecular weight excluding hydrogens is 348 g/mol. The van der Waals surface area contributed by atoms with E-state index in [0.29, 0.717) is 27.8 Å². The summed E-state index contributed by atoms with van der Waals surface area (Å²) in [6.07, 6.45) is 0.324. The van der Waals surface area contributed by atoms with Gasteiger partial charge in [-0.3, -0.25) is 4.79 Å². The second kappa shape index (κ2) is 7.22. The van der Waals surface area contributed by atoms with Crippen LogP contribution in [-0.2, 0) is 10.5 Å². The van der Waals surface area contributed by atoms with Gasteiger partial charge < -0.3 is 5.32 Å². The highest BCUT2D eigenvalue weighted by Gasteiger charge is 2.30. The summed E-state index contributed by atoms with van der Waals surface area (Å²) >= 11 is 9.04. The van der Waals surface area contributed by atoms with E-state index in [2.05, 4.69) is 11.4 Å². The maximum absolute atomic E-state index is 12.0. The molecule has 0 aliphatic carbocycles. The Labute approximate surface area is 148 Å². The molecule has 0 saturated heterocycles. The molecule has 1 aromatic heterocycles. The van der Waals surface area contributed by atoms with E-state index in [1.54, 1.807) is 11.3 Å². The SMILES string of the molecule is N#CC1=C(SCc2cccc(Cl)c2)NC(=O)C[C@@H]1c1cccs1. The minimum atomic E-state index is -0.143. The molecule has 2 aromatic rings. The van der Waals surface area contributed by atoms with Crippen LogP contribution in [0, 0.1) is 11.3 Å². The van der Waals surface area contributed by atoms with Crippen LogP contribution in [0.2, 0.25) is 5.02 Å². The molecule has 0 bridgehead atoms. The lowest BCUT2D eigenvalue weighted by atomic mass is 9.93. The first-order chi connectivity index (χ1) is 11.2. The summed E-state index contributed by atoms with van der Waals surface area (Å²) in [5, 5.41) is 15.7. The van der Waals surface area contributed by atoms with E-state index in [1.807, 2.05) is 41.8 Å². The fraction of sp³-hybridized carbons (Fsp3) is 0.176. The molecule has 2 heterocycles. The standard InChI is InChI=1S/C17H13ClN2OS2/c18-12-4-1-3-11(7-12)10-23-17-14(9-19)13(8-16(21)20-17)15-5-2-6-22-15/h1-7,13H,8,10H2,(H,20,21)/t13-/m0/s1. The average molecular weight is 361 g/mol. The van der Waals surface area contributed by atoms with Gasteiger partial charge in [0.1, 0.15) is 0 Å². The molecule has 0 unspecified atom stereocenters. The third-order valence-electron chi connectivity index (χ3n) is 3.51. The van der Waals surface area contributed by atoms with Crippen LogP contribution in [0.15, 0.2) is 52.4 Å². The van der Waals surface area contributed by atoms with Crippen LogP contribution in [0.5, 0.6) is 0 Å². The first kappa shape index (κ1) is 16.1. The number of hydrogen-bond acceptors (Lipinski definition) is 4. The van der Waals surface area contributed by atoms with Crippen molar-refractivity contribution in [2.75, 3.05) is 0 Å². The highest BCUT2D eigenvalue weighted by Crippen LogP contribution is 2.38. The highest BCUT2D eigenvalue weighted by molar-refractivity contribution is 8.02. The third kappa shape index (κ3) is 3.78. The third-order valence-corrected chi connectivity index (χ3v) is 5.82. The molecular formula is C17H13ClN2OS2. The van der Waals surface area contributed by atoms with Gasteiger partial charge in [0.2, 0.25) is 5.91 Å². The van der Waals surface area contributed by atoms with Crippen molar-refractivity contribution in [3.05, 3.63) is 67.8 Å². The monoisotopic (exact) mass is 360 g/mol. The Morgan fingerprint density at radius 3 is 2.96 bits per heavy atom. The van der Waals surface area contributed by atoms with E-state index in [4.69, 9.17) is 11.6 Å². The molecule has 0 radical (unpaired) electrons. The molecule has 0 spiro atoms. The van der Waals surface area contributed by atoms with Crippen LogP contribution in [0.1, 0.15) is 22.8 Å². The second-order valence-corrected chi connectivity index (χ2v) is 7.49.